The van der Waals surface area contributed by atoms with Gasteiger partial charge in [-0.05, 0) is 62.3 Å². The molecule has 0 saturated carbocycles. The number of hydrogen-bond donors (Lipinski definition) is 1. The molecule has 2 aliphatic rings. The summed E-state index contributed by atoms with van der Waals surface area (Å²) >= 11 is 0. The highest BCUT2D eigenvalue weighted by Crippen LogP contribution is 2.55. The number of carboxylic acids is 1. The number of anilines is 1. The molecule has 0 radical (unpaired) electrons. The van der Waals surface area contributed by atoms with E-state index in [-0.39, 0.29) is 11.8 Å². The van der Waals surface area contributed by atoms with E-state index in [4.69, 9.17) is 14.8 Å². The van der Waals surface area contributed by atoms with Crippen LogP contribution >= 0.6 is 0 Å². The molecule has 1 unspecified atom stereocenters. The molecule has 0 amide bonds. The second-order valence-electron chi connectivity index (χ2n) is 10.4. The topological polar surface area (TPSA) is 62.1 Å². The minimum Gasteiger partial charge on any atom is -0.481 e. The molecule has 0 saturated heterocycles. The number of ether oxygens (including phenoxy) is 1. The van der Waals surface area contributed by atoms with Crippen LogP contribution in [0.25, 0.3) is 10.8 Å². The Hall–Kier alpha value is -3.34. The summed E-state index contributed by atoms with van der Waals surface area (Å²) in [6.45, 7) is 7.50. The standard InChI is InChI=1S/C30H34N2O3/c1-21-14-16-24-25(19-21)32(18-10-6-4-5-7-13-27(33)34)30(29(24,2)3)20-31-28-23-12-9-8-11-22(23)15-17-26(28)35-30/h8-9,11-12,14-17,19-20H,4-7,10,13,18H2,1-3H3,(H,33,34). The lowest BCUT2D eigenvalue weighted by molar-refractivity contribution is -0.137. The predicted molar refractivity (Wildman–Crippen MR) is 142 cm³/mol. The molecule has 0 bridgehead atoms. The fraction of sp³-hybridized carbons (Fsp3) is 0.400. The normalized spacial score (nSPS) is 19.6. The second kappa shape index (κ2) is 9.03. The second-order valence-corrected chi connectivity index (χ2v) is 10.4. The van der Waals surface area contributed by atoms with E-state index in [2.05, 4.69) is 68.1 Å². The van der Waals surface area contributed by atoms with E-state index in [0.717, 1.165) is 60.9 Å². The third kappa shape index (κ3) is 3.97. The number of nitrogens with zero attached hydrogens (tertiary/aromatic N) is 2. The number of carboxylic acid groups (broad SMARTS) is 1. The summed E-state index contributed by atoms with van der Waals surface area (Å²) in [7, 11) is 0. The highest BCUT2D eigenvalue weighted by molar-refractivity contribution is 5.99. The summed E-state index contributed by atoms with van der Waals surface area (Å²) in [6, 6.07) is 19.2. The number of carbonyl (C=O) groups is 1. The first-order valence-corrected chi connectivity index (χ1v) is 12.7. The smallest absolute Gasteiger partial charge is 0.303 e. The van der Waals surface area contributed by atoms with E-state index >= 15 is 0 Å². The number of rotatable bonds is 8. The maximum absolute atomic E-state index is 10.8. The predicted octanol–water partition coefficient (Wildman–Crippen LogP) is 7.16. The average molecular weight is 471 g/mol. The zero-order valence-electron chi connectivity index (χ0n) is 20.9. The van der Waals surface area contributed by atoms with Gasteiger partial charge in [0.2, 0.25) is 5.72 Å². The first kappa shape index (κ1) is 23.4. The molecule has 5 nitrogen and oxygen atoms in total. The maximum Gasteiger partial charge on any atom is 0.303 e. The van der Waals surface area contributed by atoms with Gasteiger partial charge in [0, 0.05) is 24.0 Å². The number of unbranched alkanes of at least 4 members (excludes halogenated alkanes) is 4. The number of aryl methyl sites for hydroxylation is 1. The van der Waals surface area contributed by atoms with Gasteiger partial charge in [-0.25, -0.2) is 0 Å². The Bertz CT molecular complexity index is 1300. The number of benzene rings is 3. The zero-order chi connectivity index (χ0) is 24.6. The van der Waals surface area contributed by atoms with Crippen molar-refractivity contribution < 1.29 is 14.6 Å². The number of aliphatic imine (C=N–C) groups is 1. The summed E-state index contributed by atoms with van der Waals surface area (Å²) in [4.78, 5) is 18.2. The van der Waals surface area contributed by atoms with Crippen LogP contribution in [0.1, 0.15) is 63.5 Å². The molecular weight excluding hydrogens is 436 g/mol. The molecule has 0 aliphatic carbocycles. The van der Waals surface area contributed by atoms with Crippen LogP contribution in [0.15, 0.2) is 59.6 Å². The first-order chi connectivity index (χ1) is 16.8. The van der Waals surface area contributed by atoms with Gasteiger partial charge in [-0.1, -0.05) is 61.7 Å². The van der Waals surface area contributed by atoms with Gasteiger partial charge in [-0.3, -0.25) is 9.79 Å². The molecule has 5 rings (SSSR count). The van der Waals surface area contributed by atoms with Gasteiger partial charge in [0.25, 0.3) is 0 Å². The fourth-order valence-electron chi connectivity index (χ4n) is 5.68. The van der Waals surface area contributed by atoms with E-state index in [1.54, 1.807) is 0 Å². The average Bonchev–Trinajstić information content (AvgIpc) is 3.00. The Morgan fingerprint density at radius 3 is 2.60 bits per heavy atom. The van der Waals surface area contributed by atoms with Crippen molar-refractivity contribution in [3.63, 3.8) is 0 Å². The van der Waals surface area contributed by atoms with Gasteiger partial charge in [0.15, 0.2) is 0 Å². The summed E-state index contributed by atoms with van der Waals surface area (Å²) in [6.07, 6.45) is 7.11. The van der Waals surface area contributed by atoms with Crippen molar-refractivity contribution in [2.24, 2.45) is 4.99 Å². The van der Waals surface area contributed by atoms with Gasteiger partial charge in [-0.15, -0.1) is 0 Å². The molecule has 1 N–H and O–H groups in total. The Labute approximate surface area is 207 Å². The van der Waals surface area contributed by atoms with E-state index < -0.39 is 11.7 Å². The van der Waals surface area contributed by atoms with E-state index in [9.17, 15) is 4.79 Å². The van der Waals surface area contributed by atoms with Gasteiger partial charge in [0.05, 0.1) is 11.6 Å². The number of hydrogen-bond acceptors (Lipinski definition) is 4. The van der Waals surface area contributed by atoms with Crippen molar-refractivity contribution >= 4 is 34.3 Å². The molecule has 1 spiro atoms. The van der Waals surface area contributed by atoms with Crippen molar-refractivity contribution in [1.82, 2.24) is 0 Å². The summed E-state index contributed by atoms with van der Waals surface area (Å²) < 4.78 is 6.97. The molecule has 3 aromatic carbocycles. The number of fused-ring (bicyclic) bond motifs is 4. The van der Waals surface area contributed by atoms with Crippen molar-refractivity contribution in [2.45, 2.75) is 70.4 Å². The quantitative estimate of drug-likeness (QED) is 0.355. The maximum atomic E-state index is 10.8. The highest BCUT2D eigenvalue weighted by atomic mass is 16.5. The minimum absolute atomic E-state index is 0.258. The van der Waals surface area contributed by atoms with Crippen LogP contribution in [-0.4, -0.2) is 29.6 Å². The molecule has 2 aliphatic heterocycles. The van der Waals surface area contributed by atoms with Gasteiger partial charge < -0.3 is 14.7 Å². The van der Waals surface area contributed by atoms with Crippen molar-refractivity contribution in [3.8, 4) is 5.75 Å². The zero-order valence-corrected chi connectivity index (χ0v) is 20.9. The van der Waals surface area contributed by atoms with Gasteiger partial charge in [-0.2, -0.15) is 0 Å². The molecule has 0 fully saturated rings. The lowest BCUT2D eigenvalue weighted by Crippen LogP contribution is -2.62. The van der Waals surface area contributed by atoms with Crippen LogP contribution in [-0.2, 0) is 10.2 Å². The van der Waals surface area contributed by atoms with Crippen LogP contribution in [0.5, 0.6) is 5.75 Å². The Kier molecular flexibility index (Phi) is 6.04. The van der Waals surface area contributed by atoms with Crippen molar-refractivity contribution in [3.05, 3.63) is 65.7 Å². The van der Waals surface area contributed by atoms with Crippen LogP contribution in [0.3, 0.4) is 0 Å². The minimum atomic E-state index is -0.708. The third-order valence-corrected chi connectivity index (χ3v) is 7.68. The molecule has 182 valence electrons. The lowest BCUT2D eigenvalue weighted by atomic mass is 9.77. The van der Waals surface area contributed by atoms with Crippen molar-refractivity contribution in [1.29, 1.82) is 0 Å². The monoisotopic (exact) mass is 470 g/mol. The Morgan fingerprint density at radius 2 is 1.77 bits per heavy atom. The lowest BCUT2D eigenvalue weighted by Gasteiger charge is -2.46. The highest BCUT2D eigenvalue weighted by Gasteiger charge is 2.59. The first-order valence-electron chi connectivity index (χ1n) is 12.7. The Balaban J connectivity index is 1.45. The van der Waals surface area contributed by atoms with Gasteiger partial charge in [0.1, 0.15) is 11.4 Å². The third-order valence-electron chi connectivity index (χ3n) is 7.68. The van der Waals surface area contributed by atoms with E-state index in [1.807, 2.05) is 18.3 Å². The fourth-order valence-corrected chi connectivity index (χ4v) is 5.68. The van der Waals surface area contributed by atoms with E-state index in [1.165, 1.54) is 16.8 Å². The molecule has 5 heteroatoms. The summed E-state index contributed by atoms with van der Waals surface area (Å²) in [5.74, 6) is 0.113. The molecule has 0 aromatic heterocycles. The molecule has 3 aromatic rings. The van der Waals surface area contributed by atoms with E-state index in [0.29, 0.717) is 0 Å². The molecule has 2 heterocycles. The molecule has 1 atom stereocenters. The molecule has 35 heavy (non-hydrogen) atoms. The largest absolute Gasteiger partial charge is 0.481 e. The summed E-state index contributed by atoms with van der Waals surface area (Å²) in [5, 5.41) is 11.1. The Morgan fingerprint density at radius 1 is 1.00 bits per heavy atom. The SMILES string of the molecule is Cc1ccc2c(c1)N(CCCCCCCC(=O)O)C1(C=Nc3c(ccc4ccccc34)O1)C2(C)C. The van der Waals surface area contributed by atoms with Gasteiger partial charge >= 0.3 is 5.97 Å². The van der Waals surface area contributed by atoms with Crippen LogP contribution < -0.4 is 9.64 Å². The summed E-state index contributed by atoms with van der Waals surface area (Å²) in [5.41, 5.74) is 3.62. The molecular formula is C30H34N2O3. The number of aliphatic carboxylic acids is 1. The van der Waals surface area contributed by atoms with Crippen molar-refractivity contribution in [2.75, 3.05) is 11.4 Å². The van der Waals surface area contributed by atoms with Crippen LogP contribution in [0.4, 0.5) is 11.4 Å². The van der Waals surface area contributed by atoms with Crippen LogP contribution in [0.2, 0.25) is 0 Å². The van der Waals surface area contributed by atoms with Crippen LogP contribution in [0, 0.1) is 6.92 Å².